The number of nitrogens with one attached hydrogen (secondary N) is 1. The summed E-state index contributed by atoms with van der Waals surface area (Å²) in [6.07, 6.45) is 4.45. The largest absolute Gasteiger partial charge is 0.468 e. The Morgan fingerprint density at radius 1 is 1.32 bits per heavy atom. The maximum atomic E-state index is 11.4. The highest BCUT2D eigenvalue weighted by molar-refractivity contribution is 5.93. The van der Waals surface area contributed by atoms with E-state index < -0.39 is 11.9 Å². The highest BCUT2D eigenvalue weighted by Crippen LogP contribution is 2.23. The second-order valence-corrected chi connectivity index (χ2v) is 4.65. The smallest absolute Gasteiger partial charge is 0.319 e. The van der Waals surface area contributed by atoms with Crippen molar-refractivity contribution in [3.05, 3.63) is 0 Å². The van der Waals surface area contributed by atoms with Crippen LogP contribution in [0.5, 0.6) is 0 Å². The number of urea groups is 1. The van der Waals surface area contributed by atoms with Gasteiger partial charge in [-0.05, 0) is 12.8 Å². The first-order valence-corrected chi connectivity index (χ1v) is 6.43. The molecule has 1 saturated carbocycles. The number of amides is 3. The average Bonchev–Trinajstić information content (AvgIpc) is 2.86. The fourth-order valence-corrected chi connectivity index (χ4v) is 2.34. The molecule has 3 N–H and O–H groups in total. The normalized spacial score (nSPS) is 15.5. The van der Waals surface area contributed by atoms with Gasteiger partial charge in [0.1, 0.15) is 0 Å². The molecule has 1 fully saturated rings. The fourth-order valence-electron chi connectivity index (χ4n) is 2.34. The van der Waals surface area contributed by atoms with E-state index in [9.17, 15) is 14.4 Å². The molecule has 7 nitrogen and oxygen atoms in total. The molecule has 0 radical (unpaired) electrons. The van der Waals surface area contributed by atoms with Crippen molar-refractivity contribution in [3.63, 3.8) is 0 Å². The average molecular weight is 271 g/mol. The molecule has 19 heavy (non-hydrogen) atoms. The van der Waals surface area contributed by atoms with Crippen molar-refractivity contribution >= 4 is 17.9 Å². The van der Waals surface area contributed by atoms with Gasteiger partial charge in [-0.3, -0.25) is 19.8 Å². The monoisotopic (exact) mass is 271 g/mol. The molecule has 0 saturated heterocycles. The molecule has 0 bridgehead atoms. The molecular formula is C12H21N3O4. The Kier molecular flexibility index (Phi) is 6.27. The lowest BCUT2D eigenvalue weighted by Crippen LogP contribution is -2.42. The summed E-state index contributed by atoms with van der Waals surface area (Å²) in [7, 11) is 1.34. The summed E-state index contributed by atoms with van der Waals surface area (Å²) >= 11 is 0. The van der Waals surface area contributed by atoms with Gasteiger partial charge < -0.3 is 10.5 Å². The van der Waals surface area contributed by atoms with Crippen molar-refractivity contribution in [2.45, 2.75) is 38.1 Å². The number of carbonyl (C=O) groups excluding carboxylic acids is 3. The molecule has 0 aromatic heterocycles. The van der Waals surface area contributed by atoms with Gasteiger partial charge in [-0.1, -0.05) is 12.8 Å². The summed E-state index contributed by atoms with van der Waals surface area (Å²) in [5.74, 6) is -0.748. The van der Waals surface area contributed by atoms with Crippen LogP contribution in [0.3, 0.4) is 0 Å². The lowest BCUT2D eigenvalue weighted by Gasteiger charge is -2.27. The molecule has 1 aliphatic rings. The van der Waals surface area contributed by atoms with Crippen LogP contribution in [0, 0.1) is 0 Å². The number of imide groups is 1. The van der Waals surface area contributed by atoms with E-state index in [1.807, 2.05) is 10.2 Å². The predicted molar refractivity (Wildman–Crippen MR) is 68.2 cm³/mol. The Bertz CT molecular complexity index is 340. The lowest BCUT2D eigenvalue weighted by molar-refractivity contribution is -0.142. The third-order valence-corrected chi connectivity index (χ3v) is 3.29. The van der Waals surface area contributed by atoms with Gasteiger partial charge in [-0.25, -0.2) is 4.79 Å². The minimum atomic E-state index is -0.856. The maximum absolute atomic E-state index is 11.4. The van der Waals surface area contributed by atoms with Gasteiger partial charge in [-0.15, -0.1) is 0 Å². The molecule has 0 aliphatic heterocycles. The third kappa shape index (κ3) is 5.69. The zero-order valence-electron chi connectivity index (χ0n) is 11.2. The molecule has 1 rings (SSSR count). The first kappa shape index (κ1) is 15.4. The van der Waals surface area contributed by atoms with Gasteiger partial charge >= 0.3 is 12.0 Å². The third-order valence-electron chi connectivity index (χ3n) is 3.29. The number of esters is 1. The number of ether oxygens (including phenoxy) is 1. The Labute approximate surface area is 112 Å². The number of nitrogens with two attached hydrogens (primary N) is 1. The molecule has 0 aromatic carbocycles. The van der Waals surface area contributed by atoms with Crippen molar-refractivity contribution in [2.75, 3.05) is 20.2 Å². The van der Waals surface area contributed by atoms with E-state index in [0.29, 0.717) is 12.6 Å². The fraction of sp³-hybridized carbons (Fsp3) is 0.750. The Morgan fingerprint density at radius 3 is 2.47 bits per heavy atom. The van der Waals surface area contributed by atoms with Crippen molar-refractivity contribution in [3.8, 4) is 0 Å². The Hall–Kier alpha value is -1.63. The van der Waals surface area contributed by atoms with E-state index >= 15 is 0 Å². The molecule has 0 atom stereocenters. The summed E-state index contributed by atoms with van der Waals surface area (Å²) in [4.78, 5) is 35.2. The van der Waals surface area contributed by atoms with Gasteiger partial charge in [0.25, 0.3) is 0 Å². The van der Waals surface area contributed by atoms with Crippen LogP contribution < -0.4 is 11.1 Å². The lowest BCUT2D eigenvalue weighted by atomic mass is 10.2. The van der Waals surface area contributed by atoms with Gasteiger partial charge in [-0.2, -0.15) is 0 Å². The van der Waals surface area contributed by atoms with E-state index in [1.165, 1.54) is 7.11 Å². The van der Waals surface area contributed by atoms with Crippen LogP contribution in [0.2, 0.25) is 0 Å². The van der Waals surface area contributed by atoms with Gasteiger partial charge in [0.15, 0.2) is 0 Å². The highest BCUT2D eigenvalue weighted by atomic mass is 16.5. The van der Waals surface area contributed by atoms with Crippen LogP contribution >= 0.6 is 0 Å². The summed E-state index contributed by atoms with van der Waals surface area (Å²) in [6, 6.07) is -0.550. The first-order valence-electron chi connectivity index (χ1n) is 6.43. The zero-order valence-corrected chi connectivity index (χ0v) is 11.2. The summed E-state index contributed by atoms with van der Waals surface area (Å²) in [6.45, 7) is 0.587. The minimum Gasteiger partial charge on any atom is -0.468 e. The van der Waals surface area contributed by atoms with Crippen molar-refractivity contribution in [2.24, 2.45) is 5.73 Å². The highest BCUT2D eigenvalue weighted by Gasteiger charge is 2.25. The molecule has 1 aliphatic carbocycles. The van der Waals surface area contributed by atoms with Crippen LogP contribution in [0.15, 0.2) is 0 Å². The molecule has 0 aromatic rings. The van der Waals surface area contributed by atoms with Gasteiger partial charge in [0, 0.05) is 19.0 Å². The van der Waals surface area contributed by atoms with Crippen LogP contribution in [-0.4, -0.2) is 49.0 Å². The molecule has 0 spiro atoms. The van der Waals surface area contributed by atoms with E-state index in [4.69, 9.17) is 5.73 Å². The number of rotatable bonds is 6. The number of carbonyl (C=O) groups is 3. The second kappa shape index (κ2) is 7.73. The number of hydrogen-bond donors (Lipinski definition) is 2. The molecular weight excluding hydrogens is 250 g/mol. The molecule has 0 heterocycles. The summed E-state index contributed by atoms with van der Waals surface area (Å²) in [5.41, 5.74) is 4.87. The molecule has 0 unspecified atom stereocenters. The van der Waals surface area contributed by atoms with Crippen molar-refractivity contribution in [1.82, 2.24) is 10.2 Å². The molecule has 7 heteroatoms. The SMILES string of the molecule is COC(=O)CN(CCC(=O)NC(N)=O)C1CCCC1. The number of primary amides is 1. The number of hydrogen-bond acceptors (Lipinski definition) is 5. The Balaban J connectivity index is 2.46. The van der Waals surface area contributed by atoms with E-state index in [-0.39, 0.29) is 18.9 Å². The second-order valence-electron chi connectivity index (χ2n) is 4.65. The van der Waals surface area contributed by atoms with E-state index in [0.717, 1.165) is 25.7 Å². The summed E-state index contributed by atoms with van der Waals surface area (Å²) in [5, 5.41) is 2.01. The molecule has 108 valence electrons. The first-order chi connectivity index (χ1) is 9.02. The Morgan fingerprint density at radius 2 is 1.95 bits per heavy atom. The van der Waals surface area contributed by atoms with Crippen LogP contribution in [0.1, 0.15) is 32.1 Å². The minimum absolute atomic E-state index is 0.135. The molecule has 3 amide bonds. The van der Waals surface area contributed by atoms with Crippen LogP contribution in [-0.2, 0) is 14.3 Å². The standard InChI is InChI=1S/C12H21N3O4/c1-19-11(17)8-15(9-4-2-3-5-9)7-6-10(16)14-12(13)18/h9H,2-8H2,1H3,(H3,13,14,16,18). The van der Waals surface area contributed by atoms with Crippen LogP contribution in [0.4, 0.5) is 4.79 Å². The number of nitrogens with zero attached hydrogens (tertiary/aromatic N) is 1. The maximum Gasteiger partial charge on any atom is 0.319 e. The van der Waals surface area contributed by atoms with Gasteiger partial charge in [0.05, 0.1) is 13.7 Å². The van der Waals surface area contributed by atoms with Gasteiger partial charge in [0.2, 0.25) is 5.91 Å². The summed E-state index contributed by atoms with van der Waals surface area (Å²) < 4.78 is 4.66. The zero-order chi connectivity index (χ0) is 14.3. The van der Waals surface area contributed by atoms with Crippen molar-refractivity contribution in [1.29, 1.82) is 0 Å². The predicted octanol–water partition coefficient (Wildman–Crippen LogP) is -0.0110. The number of methoxy groups -OCH3 is 1. The van der Waals surface area contributed by atoms with Crippen LogP contribution in [0.25, 0.3) is 0 Å². The van der Waals surface area contributed by atoms with E-state index in [2.05, 4.69) is 4.74 Å². The quantitative estimate of drug-likeness (QED) is 0.661. The topological polar surface area (TPSA) is 102 Å². The van der Waals surface area contributed by atoms with E-state index in [1.54, 1.807) is 0 Å². The van der Waals surface area contributed by atoms with Crippen molar-refractivity contribution < 1.29 is 19.1 Å².